The zero-order chi connectivity index (χ0) is 19.2. The number of nitrogens with one attached hydrogen (secondary N) is 1. The van der Waals surface area contributed by atoms with E-state index in [1.807, 2.05) is 39.0 Å². The fourth-order valence-corrected chi connectivity index (χ4v) is 3.21. The van der Waals surface area contributed by atoms with Crippen LogP contribution in [0.5, 0.6) is 23.0 Å². The summed E-state index contributed by atoms with van der Waals surface area (Å²) in [7, 11) is 0. The van der Waals surface area contributed by atoms with Crippen molar-refractivity contribution in [2.45, 2.75) is 27.2 Å². The number of fused-ring (bicyclic) bond motifs is 1. The lowest BCUT2D eigenvalue weighted by atomic mass is 9.96. The molecule has 5 nitrogen and oxygen atoms in total. The standard InChI is InChI=1S/C22H27NO4.ClH/c1-4-25-20-12-15(7-8-19(20)24)11-18-17-14-22(27-6-3)21(26-5-2)13-16(17)9-10-23-18;/h7-8,11-14,23-24H,4-6,9-10H2,1-3H3;1H/b18-11-;. The molecule has 1 heterocycles. The van der Waals surface area contributed by atoms with E-state index in [1.165, 1.54) is 5.56 Å². The van der Waals surface area contributed by atoms with E-state index >= 15 is 0 Å². The third kappa shape index (κ3) is 4.84. The predicted molar refractivity (Wildman–Crippen MR) is 115 cm³/mol. The van der Waals surface area contributed by atoms with Gasteiger partial charge in [-0.1, -0.05) is 6.07 Å². The fourth-order valence-electron chi connectivity index (χ4n) is 3.21. The van der Waals surface area contributed by atoms with Gasteiger partial charge in [-0.2, -0.15) is 0 Å². The van der Waals surface area contributed by atoms with Crippen LogP contribution < -0.4 is 19.5 Å². The first kappa shape index (κ1) is 21.8. The highest BCUT2D eigenvalue weighted by Crippen LogP contribution is 2.36. The topological polar surface area (TPSA) is 60.0 Å². The Hall–Kier alpha value is -2.53. The second kappa shape index (κ2) is 10.1. The third-order valence-electron chi connectivity index (χ3n) is 4.36. The summed E-state index contributed by atoms with van der Waals surface area (Å²) in [5.41, 5.74) is 4.32. The van der Waals surface area contributed by atoms with Gasteiger partial charge in [0.25, 0.3) is 0 Å². The Bertz CT molecular complexity index is 836. The minimum Gasteiger partial charge on any atom is -0.504 e. The van der Waals surface area contributed by atoms with E-state index in [4.69, 9.17) is 14.2 Å². The van der Waals surface area contributed by atoms with Crippen LogP contribution in [0.25, 0.3) is 11.8 Å². The largest absolute Gasteiger partial charge is 0.504 e. The quantitative estimate of drug-likeness (QED) is 0.701. The number of rotatable bonds is 7. The summed E-state index contributed by atoms with van der Waals surface area (Å²) in [6, 6.07) is 9.51. The molecule has 152 valence electrons. The van der Waals surface area contributed by atoms with Gasteiger partial charge in [0.15, 0.2) is 23.0 Å². The molecule has 6 heteroatoms. The summed E-state index contributed by atoms with van der Waals surface area (Å²) in [5, 5.41) is 13.4. The Labute approximate surface area is 172 Å². The lowest BCUT2D eigenvalue weighted by molar-refractivity contribution is 0.287. The van der Waals surface area contributed by atoms with Crippen LogP contribution in [0, 0.1) is 0 Å². The number of halogens is 1. The van der Waals surface area contributed by atoms with Crippen molar-refractivity contribution in [3.63, 3.8) is 0 Å². The molecule has 0 saturated carbocycles. The minimum atomic E-state index is 0. The number of aromatic hydroxyl groups is 1. The number of hydrogen-bond acceptors (Lipinski definition) is 5. The number of phenols is 1. The summed E-state index contributed by atoms with van der Waals surface area (Å²) in [5.74, 6) is 2.19. The van der Waals surface area contributed by atoms with E-state index in [-0.39, 0.29) is 18.2 Å². The Balaban J connectivity index is 0.00000280. The highest BCUT2D eigenvalue weighted by Gasteiger charge is 2.18. The molecular formula is C22H28ClNO4. The first-order valence-corrected chi connectivity index (χ1v) is 9.50. The first-order chi connectivity index (χ1) is 13.2. The van der Waals surface area contributed by atoms with Crippen LogP contribution in [0.2, 0.25) is 0 Å². The molecule has 0 saturated heterocycles. The smallest absolute Gasteiger partial charge is 0.161 e. The maximum absolute atomic E-state index is 9.91. The van der Waals surface area contributed by atoms with E-state index in [9.17, 15) is 5.11 Å². The number of phenolic OH excluding ortho intramolecular Hbond substituents is 1. The molecule has 0 aliphatic carbocycles. The van der Waals surface area contributed by atoms with Crippen LogP contribution >= 0.6 is 12.4 Å². The minimum absolute atomic E-state index is 0. The Kier molecular flexibility index (Phi) is 7.88. The van der Waals surface area contributed by atoms with Crippen LogP contribution in [0.1, 0.15) is 37.5 Å². The molecular weight excluding hydrogens is 378 g/mol. The number of ether oxygens (including phenoxy) is 3. The normalized spacial score (nSPS) is 13.9. The van der Waals surface area contributed by atoms with Gasteiger partial charge in [-0.05, 0) is 68.7 Å². The van der Waals surface area contributed by atoms with Crippen molar-refractivity contribution in [3.05, 3.63) is 47.0 Å². The first-order valence-electron chi connectivity index (χ1n) is 9.50. The lowest BCUT2D eigenvalue weighted by Gasteiger charge is -2.24. The van der Waals surface area contributed by atoms with Crippen molar-refractivity contribution in [2.75, 3.05) is 26.4 Å². The summed E-state index contributed by atoms with van der Waals surface area (Å²) in [6.07, 6.45) is 2.99. The van der Waals surface area contributed by atoms with Gasteiger partial charge in [0.05, 0.1) is 19.8 Å². The summed E-state index contributed by atoms with van der Waals surface area (Å²) < 4.78 is 17.0. The molecule has 0 amide bonds. The predicted octanol–water partition coefficient (Wildman–Crippen LogP) is 4.65. The van der Waals surface area contributed by atoms with E-state index < -0.39 is 0 Å². The second-order valence-electron chi connectivity index (χ2n) is 6.22. The van der Waals surface area contributed by atoms with Crippen LogP contribution in [-0.4, -0.2) is 31.5 Å². The molecule has 0 aromatic heterocycles. The molecule has 3 rings (SSSR count). The fraction of sp³-hybridized carbons (Fsp3) is 0.364. The molecule has 0 bridgehead atoms. The van der Waals surface area contributed by atoms with Crippen LogP contribution in [-0.2, 0) is 6.42 Å². The molecule has 0 radical (unpaired) electrons. The van der Waals surface area contributed by atoms with Gasteiger partial charge in [0, 0.05) is 17.8 Å². The second-order valence-corrected chi connectivity index (χ2v) is 6.22. The average molecular weight is 406 g/mol. The highest BCUT2D eigenvalue weighted by atomic mass is 35.5. The Morgan fingerprint density at radius 1 is 0.929 bits per heavy atom. The maximum Gasteiger partial charge on any atom is 0.161 e. The molecule has 2 aromatic carbocycles. The molecule has 0 fully saturated rings. The van der Waals surface area contributed by atoms with Crippen LogP contribution in [0.15, 0.2) is 30.3 Å². The van der Waals surface area contributed by atoms with Crippen LogP contribution in [0.3, 0.4) is 0 Å². The van der Waals surface area contributed by atoms with Gasteiger partial charge in [-0.3, -0.25) is 0 Å². The summed E-state index contributed by atoms with van der Waals surface area (Å²) in [6.45, 7) is 8.39. The zero-order valence-corrected chi connectivity index (χ0v) is 17.4. The maximum atomic E-state index is 9.91. The van der Waals surface area contributed by atoms with Crippen LogP contribution in [0.4, 0.5) is 0 Å². The van der Waals surface area contributed by atoms with Gasteiger partial charge < -0.3 is 24.6 Å². The van der Waals surface area contributed by atoms with Gasteiger partial charge in [0.2, 0.25) is 0 Å². The van der Waals surface area contributed by atoms with Crippen molar-refractivity contribution in [1.82, 2.24) is 5.32 Å². The third-order valence-corrected chi connectivity index (χ3v) is 4.36. The Morgan fingerprint density at radius 3 is 2.25 bits per heavy atom. The van der Waals surface area contributed by atoms with Gasteiger partial charge in [0.1, 0.15) is 0 Å². The average Bonchev–Trinajstić information content (AvgIpc) is 2.66. The molecule has 1 aliphatic rings. The summed E-state index contributed by atoms with van der Waals surface area (Å²) >= 11 is 0. The Morgan fingerprint density at radius 2 is 1.57 bits per heavy atom. The van der Waals surface area contributed by atoms with Crippen molar-refractivity contribution >= 4 is 24.2 Å². The summed E-state index contributed by atoms with van der Waals surface area (Å²) in [4.78, 5) is 0. The zero-order valence-electron chi connectivity index (χ0n) is 16.6. The van der Waals surface area contributed by atoms with Crippen molar-refractivity contribution in [1.29, 1.82) is 0 Å². The van der Waals surface area contributed by atoms with E-state index in [1.54, 1.807) is 6.07 Å². The lowest BCUT2D eigenvalue weighted by Crippen LogP contribution is -2.22. The molecule has 2 aromatic rings. The molecule has 0 spiro atoms. The van der Waals surface area contributed by atoms with Gasteiger partial charge in [-0.25, -0.2) is 0 Å². The van der Waals surface area contributed by atoms with E-state index in [0.717, 1.165) is 41.3 Å². The monoisotopic (exact) mass is 405 g/mol. The van der Waals surface area contributed by atoms with Gasteiger partial charge in [-0.15, -0.1) is 12.4 Å². The van der Waals surface area contributed by atoms with Crippen molar-refractivity contribution in [2.24, 2.45) is 0 Å². The van der Waals surface area contributed by atoms with Crippen molar-refractivity contribution in [3.8, 4) is 23.0 Å². The molecule has 1 aliphatic heterocycles. The van der Waals surface area contributed by atoms with E-state index in [0.29, 0.717) is 25.6 Å². The molecule has 0 atom stereocenters. The van der Waals surface area contributed by atoms with Crippen molar-refractivity contribution < 1.29 is 19.3 Å². The molecule has 28 heavy (non-hydrogen) atoms. The number of benzene rings is 2. The van der Waals surface area contributed by atoms with Gasteiger partial charge >= 0.3 is 0 Å². The molecule has 2 N–H and O–H groups in total. The van der Waals surface area contributed by atoms with E-state index in [2.05, 4.69) is 17.5 Å². The highest BCUT2D eigenvalue weighted by molar-refractivity contribution is 5.85. The number of hydrogen-bond donors (Lipinski definition) is 2. The SMILES string of the molecule is CCOc1cc(/C=C2\NCCc3cc(OCC)c(OCC)cc32)ccc1O.Cl. The molecule has 0 unspecified atom stereocenters.